The molecule has 0 bridgehead atoms. The van der Waals surface area contributed by atoms with Gasteiger partial charge in [-0.25, -0.2) is 13.8 Å². The van der Waals surface area contributed by atoms with Crippen LogP contribution in [0.4, 0.5) is 14.6 Å². The highest BCUT2D eigenvalue weighted by molar-refractivity contribution is 5.92. The van der Waals surface area contributed by atoms with Crippen molar-refractivity contribution in [3.8, 4) is 11.8 Å². The second-order valence-corrected chi connectivity index (χ2v) is 6.50. The standard InChI is InChI=1S/C21H15F2N5O/c22-17-6-3-13(8-18(17)23)10-25-20-19-16(7-12-1-4-15(29)5-2-12)14(9-24)11-26-21(19)28-27-20/h1-6,8,11,29H,7,10H2,(H2,25,26,27,28). The largest absolute Gasteiger partial charge is 0.508 e. The first-order valence-electron chi connectivity index (χ1n) is 8.77. The van der Waals surface area contributed by atoms with Crippen molar-refractivity contribution in [1.82, 2.24) is 15.2 Å². The van der Waals surface area contributed by atoms with Crippen LogP contribution in [0.25, 0.3) is 11.0 Å². The van der Waals surface area contributed by atoms with Gasteiger partial charge in [0.25, 0.3) is 0 Å². The zero-order chi connectivity index (χ0) is 20.4. The van der Waals surface area contributed by atoms with Gasteiger partial charge < -0.3 is 10.4 Å². The third kappa shape index (κ3) is 3.71. The summed E-state index contributed by atoms with van der Waals surface area (Å²) in [6, 6.07) is 12.5. The summed E-state index contributed by atoms with van der Waals surface area (Å²) in [5, 5.41) is 29.8. The van der Waals surface area contributed by atoms with Crippen LogP contribution in [-0.4, -0.2) is 20.3 Å². The zero-order valence-electron chi connectivity index (χ0n) is 15.1. The Morgan fingerprint density at radius 1 is 1.07 bits per heavy atom. The van der Waals surface area contributed by atoms with Crippen molar-refractivity contribution in [2.45, 2.75) is 13.0 Å². The number of aromatic amines is 1. The van der Waals surface area contributed by atoms with E-state index in [2.05, 4.69) is 26.6 Å². The monoisotopic (exact) mass is 391 g/mol. The molecule has 0 saturated heterocycles. The normalized spacial score (nSPS) is 10.8. The van der Waals surface area contributed by atoms with E-state index in [9.17, 15) is 19.1 Å². The molecule has 0 spiro atoms. The van der Waals surface area contributed by atoms with E-state index in [4.69, 9.17) is 0 Å². The van der Waals surface area contributed by atoms with Crippen LogP contribution in [-0.2, 0) is 13.0 Å². The highest BCUT2D eigenvalue weighted by atomic mass is 19.2. The Balaban J connectivity index is 1.70. The number of hydrogen-bond acceptors (Lipinski definition) is 5. The Kier molecular flexibility index (Phi) is 4.79. The highest BCUT2D eigenvalue weighted by Crippen LogP contribution is 2.28. The fourth-order valence-corrected chi connectivity index (χ4v) is 3.11. The SMILES string of the molecule is N#Cc1cnc2[nH]nc(NCc3ccc(F)c(F)c3)c2c1Cc1ccc(O)cc1. The molecule has 2 aromatic heterocycles. The van der Waals surface area contributed by atoms with Crippen LogP contribution in [0.3, 0.4) is 0 Å². The summed E-state index contributed by atoms with van der Waals surface area (Å²) in [6.07, 6.45) is 1.91. The van der Waals surface area contributed by atoms with Crippen molar-refractivity contribution in [2.24, 2.45) is 0 Å². The van der Waals surface area contributed by atoms with Gasteiger partial charge in [0.2, 0.25) is 0 Å². The minimum absolute atomic E-state index is 0.159. The molecule has 0 aliphatic rings. The van der Waals surface area contributed by atoms with Gasteiger partial charge in [-0.15, -0.1) is 0 Å². The molecule has 2 aromatic carbocycles. The third-order valence-corrected chi connectivity index (χ3v) is 4.58. The summed E-state index contributed by atoms with van der Waals surface area (Å²) in [6.45, 7) is 0.215. The molecular formula is C21H15F2N5O. The number of fused-ring (bicyclic) bond motifs is 1. The van der Waals surface area contributed by atoms with Gasteiger partial charge in [0, 0.05) is 12.7 Å². The number of phenols is 1. The van der Waals surface area contributed by atoms with Crippen molar-refractivity contribution in [3.63, 3.8) is 0 Å². The van der Waals surface area contributed by atoms with Gasteiger partial charge in [-0.1, -0.05) is 18.2 Å². The minimum Gasteiger partial charge on any atom is -0.508 e. The first-order valence-corrected chi connectivity index (χ1v) is 8.77. The van der Waals surface area contributed by atoms with E-state index in [0.717, 1.165) is 23.3 Å². The van der Waals surface area contributed by atoms with E-state index >= 15 is 0 Å². The smallest absolute Gasteiger partial charge is 0.159 e. The van der Waals surface area contributed by atoms with E-state index in [1.807, 2.05) is 0 Å². The Morgan fingerprint density at radius 3 is 2.55 bits per heavy atom. The molecule has 3 N–H and O–H groups in total. The topological polar surface area (TPSA) is 97.6 Å². The summed E-state index contributed by atoms with van der Waals surface area (Å²) in [5.41, 5.74) is 3.09. The molecule has 0 aliphatic carbocycles. The van der Waals surface area contributed by atoms with Crippen LogP contribution in [0.2, 0.25) is 0 Å². The number of rotatable bonds is 5. The van der Waals surface area contributed by atoms with E-state index < -0.39 is 11.6 Å². The maximum atomic E-state index is 13.4. The van der Waals surface area contributed by atoms with Crippen LogP contribution < -0.4 is 5.32 Å². The number of aromatic hydroxyl groups is 1. The van der Waals surface area contributed by atoms with Crippen LogP contribution in [0.5, 0.6) is 5.75 Å². The Bertz CT molecular complexity index is 1230. The summed E-state index contributed by atoms with van der Waals surface area (Å²) >= 11 is 0. The van der Waals surface area contributed by atoms with Crippen LogP contribution in [0, 0.1) is 23.0 Å². The predicted octanol–water partition coefficient (Wildman–Crippen LogP) is 4.02. The molecule has 0 amide bonds. The molecule has 2 heterocycles. The summed E-state index contributed by atoms with van der Waals surface area (Å²) in [7, 11) is 0. The second-order valence-electron chi connectivity index (χ2n) is 6.50. The summed E-state index contributed by atoms with van der Waals surface area (Å²) in [5.74, 6) is -1.20. The van der Waals surface area contributed by atoms with Gasteiger partial charge in [-0.2, -0.15) is 10.4 Å². The van der Waals surface area contributed by atoms with E-state index in [1.54, 1.807) is 24.3 Å². The lowest BCUT2D eigenvalue weighted by Crippen LogP contribution is -2.03. The fourth-order valence-electron chi connectivity index (χ4n) is 3.11. The third-order valence-electron chi connectivity index (χ3n) is 4.58. The van der Waals surface area contributed by atoms with Crippen LogP contribution in [0.15, 0.2) is 48.7 Å². The number of nitrogens with one attached hydrogen (secondary N) is 2. The molecule has 0 atom stereocenters. The van der Waals surface area contributed by atoms with Gasteiger partial charge in [0.1, 0.15) is 11.8 Å². The molecule has 0 aliphatic heterocycles. The molecule has 4 aromatic rings. The number of phenolic OH excluding ortho intramolecular Hbond substituents is 1. The van der Waals surface area contributed by atoms with Gasteiger partial charge in [0.15, 0.2) is 23.1 Å². The number of pyridine rings is 1. The first kappa shape index (κ1) is 18.4. The molecule has 6 nitrogen and oxygen atoms in total. The van der Waals surface area contributed by atoms with Gasteiger partial charge in [0.05, 0.1) is 10.9 Å². The Hall–Kier alpha value is -3.99. The molecule has 0 fully saturated rings. The van der Waals surface area contributed by atoms with E-state index in [-0.39, 0.29) is 12.3 Å². The number of hydrogen-bond donors (Lipinski definition) is 3. The Morgan fingerprint density at radius 2 is 1.83 bits per heavy atom. The number of nitriles is 1. The number of anilines is 1. The quantitative estimate of drug-likeness (QED) is 0.477. The lowest BCUT2D eigenvalue weighted by molar-refractivity contribution is 0.475. The van der Waals surface area contributed by atoms with Crippen molar-refractivity contribution in [1.29, 1.82) is 5.26 Å². The average molecular weight is 391 g/mol. The van der Waals surface area contributed by atoms with Gasteiger partial charge >= 0.3 is 0 Å². The maximum absolute atomic E-state index is 13.4. The maximum Gasteiger partial charge on any atom is 0.159 e. The fraction of sp³-hybridized carbons (Fsp3) is 0.0952. The van der Waals surface area contributed by atoms with Crippen molar-refractivity contribution in [3.05, 3.63) is 82.5 Å². The number of H-pyrrole nitrogens is 1. The van der Waals surface area contributed by atoms with Gasteiger partial charge in [-0.05, 0) is 47.4 Å². The molecule has 0 saturated carbocycles. The number of nitrogens with zero attached hydrogens (tertiary/aromatic N) is 3. The van der Waals surface area contributed by atoms with Crippen LogP contribution >= 0.6 is 0 Å². The summed E-state index contributed by atoms with van der Waals surface area (Å²) < 4.78 is 26.6. The second kappa shape index (κ2) is 7.56. The van der Waals surface area contributed by atoms with Crippen molar-refractivity contribution in [2.75, 3.05) is 5.32 Å². The molecular weight excluding hydrogens is 376 g/mol. The lowest BCUT2D eigenvalue weighted by atomic mass is 9.99. The van der Waals surface area contributed by atoms with E-state index in [0.29, 0.717) is 34.4 Å². The number of halogens is 2. The number of aromatic nitrogens is 3. The molecule has 0 unspecified atom stereocenters. The van der Waals surface area contributed by atoms with E-state index in [1.165, 1.54) is 12.3 Å². The molecule has 29 heavy (non-hydrogen) atoms. The zero-order valence-corrected chi connectivity index (χ0v) is 15.1. The Labute approximate surface area is 164 Å². The van der Waals surface area contributed by atoms with Crippen molar-refractivity contribution >= 4 is 16.9 Å². The highest BCUT2D eigenvalue weighted by Gasteiger charge is 2.16. The predicted molar refractivity (Wildman–Crippen MR) is 103 cm³/mol. The lowest BCUT2D eigenvalue weighted by Gasteiger charge is -2.09. The molecule has 0 radical (unpaired) electrons. The average Bonchev–Trinajstić information content (AvgIpc) is 3.14. The molecule has 4 rings (SSSR count). The van der Waals surface area contributed by atoms with Gasteiger partial charge in [-0.3, -0.25) is 5.10 Å². The minimum atomic E-state index is -0.919. The van der Waals surface area contributed by atoms with Crippen molar-refractivity contribution < 1.29 is 13.9 Å². The first-order chi connectivity index (χ1) is 14.0. The van der Waals surface area contributed by atoms with Crippen LogP contribution in [0.1, 0.15) is 22.3 Å². The summed E-state index contributed by atoms with van der Waals surface area (Å²) in [4.78, 5) is 4.24. The molecule has 8 heteroatoms. The number of benzene rings is 2. The molecule has 144 valence electrons.